The maximum atomic E-state index is 5.53. The van der Waals surface area contributed by atoms with Gasteiger partial charge in [-0.2, -0.15) is 0 Å². The zero-order chi connectivity index (χ0) is 13.1. The molecule has 0 aliphatic heterocycles. The third-order valence-corrected chi connectivity index (χ3v) is 2.28. The molecule has 1 aromatic rings. The first-order valence-corrected chi connectivity index (χ1v) is 6.12. The Labute approximate surface area is 108 Å². The van der Waals surface area contributed by atoms with E-state index in [-0.39, 0.29) is 0 Å². The summed E-state index contributed by atoms with van der Waals surface area (Å²) in [5, 5.41) is 3.15. The smallest absolute Gasteiger partial charge is 0.123 e. The van der Waals surface area contributed by atoms with Crippen molar-refractivity contribution in [2.45, 2.75) is 0 Å². The first kappa shape index (κ1) is 14.8. The van der Waals surface area contributed by atoms with Gasteiger partial charge < -0.3 is 25.3 Å². The second-order valence-corrected chi connectivity index (χ2v) is 3.68. The molecule has 0 aliphatic rings. The minimum absolute atomic E-state index is 0.532. The molecule has 18 heavy (non-hydrogen) atoms. The molecule has 5 heteroatoms. The molecule has 1 rings (SSSR count). The molecular formula is C13H22N2O3. The predicted molar refractivity (Wildman–Crippen MR) is 71.2 cm³/mol. The van der Waals surface area contributed by atoms with Crippen LogP contribution in [0.15, 0.2) is 24.3 Å². The van der Waals surface area contributed by atoms with Crippen molar-refractivity contribution >= 4 is 0 Å². The fourth-order valence-electron chi connectivity index (χ4n) is 1.38. The molecule has 0 saturated heterocycles. The van der Waals surface area contributed by atoms with Crippen molar-refractivity contribution in [3.63, 3.8) is 0 Å². The largest absolute Gasteiger partial charge is 0.497 e. The minimum atomic E-state index is 0.532. The molecule has 3 N–H and O–H groups in total. The summed E-state index contributed by atoms with van der Waals surface area (Å²) in [6, 6.07) is 7.52. The van der Waals surface area contributed by atoms with E-state index in [9.17, 15) is 0 Å². The third kappa shape index (κ3) is 6.44. The Balaban J connectivity index is 2.03. The number of benzene rings is 1. The number of methoxy groups -OCH3 is 1. The average molecular weight is 254 g/mol. The van der Waals surface area contributed by atoms with E-state index in [1.165, 1.54) is 0 Å². The molecule has 0 fully saturated rings. The lowest BCUT2D eigenvalue weighted by Crippen LogP contribution is -2.26. The van der Waals surface area contributed by atoms with Crippen molar-refractivity contribution in [3.05, 3.63) is 24.3 Å². The highest BCUT2D eigenvalue weighted by Crippen LogP contribution is 2.18. The normalized spacial score (nSPS) is 10.3. The Kier molecular flexibility index (Phi) is 7.96. The lowest BCUT2D eigenvalue weighted by Gasteiger charge is -2.08. The van der Waals surface area contributed by atoms with Gasteiger partial charge in [-0.1, -0.05) is 6.07 Å². The van der Waals surface area contributed by atoms with Gasteiger partial charge in [-0.3, -0.25) is 0 Å². The molecule has 0 saturated carbocycles. The number of rotatable bonds is 10. The molecule has 0 spiro atoms. The summed E-state index contributed by atoms with van der Waals surface area (Å²) in [6.07, 6.45) is 0. The molecule has 0 heterocycles. The van der Waals surface area contributed by atoms with Crippen molar-refractivity contribution in [3.8, 4) is 11.5 Å². The van der Waals surface area contributed by atoms with Gasteiger partial charge in [0.25, 0.3) is 0 Å². The fraction of sp³-hybridized carbons (Fsp3) is 0.538. The monoisotopic (exact) mass is 254 g/mol. The summed E-state index contributed by atoms with van der Waals surface area (Å²) in [5.74, 6) is 1.58. The molecule has 0 radical (unpaired) electrons. The number of hydrogen-bond donors (Lipinski definition) is 2. The standard InChI is InChI=1S/C13H22N2O3/c1-16-12-3-2-4-13(11-12)18-10-9-17-8-7-15-6-5-14/h2-4,11,15H,5-10,14H2,1H3. The highest BCUT2D eigenvalue weighted by atomic mass is 16.5. The van der Waals surface area contributed by atoms with Crippen LogP contribution >= 0.6 is 0 Å². The van der Waals surface area contributed by atoms with Crippen molar-refractivity contribution in [1.82, 2.24) is 5.32 Å². The van der Waals surface area contributed by atoms with Crippen LogP contribution < -0.4 is 20.5 Å². The molecule has 0 aliphatic carbocycles. The summed E-state index contributed by atoms with van der Waals surface area (Å²) in [5.41, 5.74) is 5.35. The van der Waals surface area contributed by atoms with E-state index in [1.807, 2.05) is 24.3 Å². The zero-order valence-electron chi connectivity index (χ0n) is 10.9. The summed E-state index contributed by atoms with van der Waals surface area (Å²) >= 11 is 0. The van der Waals surface area contributed by atoms with Crippen LogP contribution in [0.3, 0.4) is 0 Å². The highest BCUT2D eigenvalue weighted by molar-refractivity contribution is 5.32. The Bertz CT molecular complexity index is 321. The SMILES string of the molecule is COc1cccc(OCCOCCNCCN)c1. The lowest BCUT2D eigenvalue weighted by atomic mass is 10.3. The van der Waals surface area contributed by atoms with Crippen LogP contribution in [0.4, 0.5) is 0 Å². The van der Waals surface area contributed by atoms with Gasteiger partial charge in [-0.15, -0.1) is 0 Å². The van der Waals surface area contributed by atoms with E-state index in [4.69, 9.17) is 19.9 Å². The van der Waals surface area contributed by atoms with Crippen LogP contribution in [0, 0.1) is 0 Å². The maximum absolute atomic E-state index is 5.53. The van der Waals surface area contributed by atoms with Gasteiger partial charge in [0, 0.05) is 25.7 Å². The van der Waals surface area contributed by atoms with Crippen molar-refractivity contribution in [2.24, 2.45) is 5.73 Å². The van der Waals surface area contributed by atoms with Crippen molar-refractivity contribution in [1.29, 1.82) is 0 Å². The van der Waals surface area contributed by atoms with Crippen LogP contribution in [-0.2, 0) is 4.74 Å². The van der Waals surface area contributed by atoms with Crippen molar-refractivity contribution < 1.29 is 14.2 Å². The molecule has 1 aromatic carbocycles. The van der Waals surface area contributed by atoms with Crippen LogP contribution in [0.2, 0.25) is 0 Å². The minimum Gasteiger partial charge on any atom is -0.497 e. The summed E-state index contributed by atoms with van der Waals surface area (Å²) < 4.78 is 16.0. The summed E-state index contributed by atoms with van der Waals surface area (Å²) in [6.45, 7) is 4.06. The highest BCUT2D eigenvalue weighted by Gasteiger charge is 1.96. The second-order valence-electron chi connectivity index (χ2n) is 3.68. The van der Waals surface area contributed by atoms with Gasteiger partial charge in [0.15, 0.2) is 0 Å². The summed E-state index contributed by atoms with van der Waals surface area (Å²) in [7, 11) is 1.64. The van der Waals surface area contributed by atoms with E-state index >= 15 is 0 Å². The van der Waals surface area contributed by atoms with Crippen LogP contribution in [-0.4, -0.2) is 46.6 Å². The van der Waals surface area contributed by atoms with Gasteiger partial charge in [0.1, 0.15) is 18.1 Å². The first-order chi connectivity index (χ1) is 8.86. The van der Waals surface area contributed by atoms with Gasteiger partial charge >= 0.3 is 0 Å². The second kappa shape index (κ2) is 9.70. The van der Waals surface area contributed by atoms with E-state index in [2.05, 4.69) is 5.32 Å². The Hall–Kier alpha value is -1.30. The van der Waals surface area contributed by atoms with E-state index in [1.54, 1.807) is 7.11 Å². The predicted octanol–water partition coefficient (Wildman–Crippen LogP) is 0.639. The van der Waals surface area contributed by atoms with Crippen molar-refractivity contribution in [2.75, 3.05) is 46.6 Å². The van der Waals surface area contributed by atoms with Gasteiger partial charge in [-0.25, -0.2) is 0 Å². The number of nitrogens with one attached hydrogen (secondary N) is 1. The van der Waals surface area contributed by atoms with E-state index in [0.29, 0.717) is 26.4 Å². The van der Waals surface area contributed by atoms with Crippen LogP contribution in [0.5, 0.6) is 11.5 Å². The van der Waals surface area contributed by atoms with Gasteiger partial charge in [0.05, 0.1) is 20.3 Å². The Morgan fingerprint density at radius 2 is 1.94 bits per heavy atom. The van der Waals surface area contributed by atoms with Crippen LogP contribution in [0.1, 0.15) is 0 Å². The van der Waals surface area contributed by atoms with E-state index in [0.717, 1.165) is 24.6 Å². The molecular weight excluding hydrogens is 232 g/mol. The van der Waals surface area contributed by atoms with E-state index < -0.39 is 0 Å². The molecule has 0 unspecified atom stereocenters. The van der Waals surface area contributed by atoms with Gasteiger partial charge in [-0.05, 0) is 12.1 Å². The Morgan fingerprint density at radius 1 is 1.11 bits per heavy atom. The molecule has 0 amide bonds. The average Bonchev–Trinajstić information content (AvgIpc) is 2.42. The topological polar surface area (TPSA) is 65.7 Å². The molecule has 102 valence electrons. The molecule has 0 aromatic heterocycles. The first-order valence-electron chi connectivity index (χ1n) is 6.12. The Morgan fingerprint density at radius 3 is 2.72 bits per heavy atom. The summed E-state index contributed by atoms with van der Waals surface area (Å²) in [4.78, 5) is 0. The number of ether oxygens (including phenoxy) is 3. The third-order valence-electron chi connectivity index (χ3n) is 2.28. The number of hydrogen-bond acceptors (Lipinski definition) is 5. The van der Waals surface area contributed by atoms with Gasteiger partial charge in [0.2, 0.25) is 0 Å². The number of nitrogens with two attached hydrogens (primary N) is 1. The molecule has 0 bridgehead atoms. The lowest BCUT2D eigenvalue weighted by molar-refractivity contribution is 0.102. The van der Waals surface area contributed by atoms with Crippen LogP contribution in [0.25, 0.3) is 0 Å². The molecule has 5 nitrogen and oxygen atoms in total. The zero-order valence-corrected chi connectivity index (χ0v) is 10.9. The fourth-order valence-corrected chi connectivity index (χ4v) is 1.38. The quantitative estimate of drug-likeness (QED) is 0.600. The molecule has 0 atom stereocenters. The maximum Gasteiger partial charge on any atom is 0.123 e.